The van der Waals surface area contributed by atoms with Crippen LogP contribution in [0.5, 0.6) is 0 Å². The van der Waals surface area contributed by atoms with Crippen molar-refractivity contribution in [2.45, 2.75) is 18.6 Å². The lowest BCUT2D eigenvalue weighted by molar-refractivity contribution is -0.387. The van der Waals surface area contributed by atoms with Crippen LogP contribution < -0.4 is 0 Å². The van der Waals surface area contributed by atoms with Gasteiger partial charge in [-0.1, -0.05) is 6.07 Å². The Morgan fingerprint density at radius 3 is 2.48 bits per heavy atom. The summed E-state index contributed by atoms with van der Waals surface area (Å²) in [5.41, 5.74) is -0.614. The molecule has 21 heavy (non-hydrogen) atoms. The average molecular weight is 316 g/mol. The molecule has 1 aromatic carbocycles. The molecular formula is C12H13FN2O5S. The molecule has 0 spiro atoms. The highest BCUT2D eigenvalue weighted by molar-refractivity contribution is 7.88. The van der Waals surface area contributed by atoms with E-state index in [2.05, 4.69) is 0 Å². The molecule has 0 atom stereocenters. The van der Waals surface area contributed by atoms with Gasteiger partial charge in [0.2, 0.25) is 15.8 Å². The summed E-state index contributed by atoms with van der Waals surface area (Å²) in [5.74, 6) is -1.45. The van der Waals surface area contributed by atoms with E-state index in [-0.39, 0.29) is 37.3 Å². The average Bonchev–Trinajstić information content (AvgIpc) is 2.41. The van der Waals surface area contributed by atoms with E-state index in [9.17, 15) is 27.7 Å². The van der Waals surface area contributed by atoms with E-state index in [1.165, 1.54) is 10.4 Å². The number of halogens is 1. The number of hydrogen-bond donors (Lipinski definition) is 0. The highest BCUT2D eigenvalue weighted by atomic mass is 32.2. The maximum absolute atomic E-state index is 13.2. The molecule has 1 aliphatic rings. The third-order valence-corrected chi connectivity index (χ3v) is 5.08. The summed E-state index contributed by atoms with van der Waals surface area (Å²) in [6.07, 6.45) is 0.339. The second-order valence-corrected chi connectivity index (χ2v) is 6.71. The van der Waals surface area contributed by atoms with Crippen LogP contribution in [0.15, 0.2) is 18.2 Å². The number of carbonyl (C=O) groups is 1. The Kier molecular flexibility index (Phi) is 4.33. The number of nitro groups is 1. The molecule has 0 N–H and O–H groups in total. The Bertz CT molecular complexity index is 679. The Morgan fingerprint density at radius 2 is 1.90 bits per heavy atom. The lowest BCUT2D eigenvalue weighted by Crippen LogP contribution is -2.39. The summed E-state index contributed by atoms with van der Waals surface area (Å²) in [6.45, 7) is 0.231. The van der Waals surface area contributed by atoms with E-state index in [4.69, 9.17) is 0 Å². The molecule has 0 bridgehead atoms. The lowest BCUT2D eigenvalue weighted by atomic mass is 10.1. The van der Waals surface area contributed by atoms with Crippen molar-refractivity contribution < 1.29 is 22.5 Å². The molecule has 0 aromatic heterocycles. The van der Waals surface area contributed by atoms with Crippen molar-refractivity contribution in [3.05, 3.63) is 39.7 Å². The Labute approximate surface area is 120 Å². The van der Waals surface area contributed by atoms with Crippen molar-refractivity contribution in [2.24, 2.45) is 0 Å². The number of hydrogen-bond acceptors (Lipinski definition) is 5. The van der Waals surface area contributed by atoms with E-state index in [1.807, 2.05) is 0 Å². The van der Waals surface area contributed by atoms with Crippen molar-refractivity contribution in [3.63, 3.8) is 0 Å². The molecule has 0 saturated carbocycles. The number of nitro benzene ring substituents is 1. The number of benzene rings is 1. The van der Waals surface area contributed by atoms with Gasteiger partial charge < -0.3 is 0 Å². The Balaban J connectivity index is 2.19. The molecule has 2 rings (SSSR count). The van der Waals surface area contributed by atoms with Crippen molar-refractivity contribution in [1.29, 1.82) is 0 Å². The Hall–Kier alpha value is -1.87. The molecule has 0 aliphatic carbocycles. The minimum atomic E-state index is -3.68. The minimum Gasteiger partial charge on any atom is -0.300 e. The summed E-state index contributed by atoms with van der Waals surface area (Å²) in [6, 6.07) is 3.00. The molecule has 1 aliphatic heterocycles. The van der Waals surface area contributed by atoms with Gasteiger partial charge in [0.1, 0.15) is 5.78 Å². The van der Waals surface area contributed by atoms with E-state index in [0.717, 1.165) is 12.1 Å². The van der Waals surface area contributed by atoms with Gasteiger partial charge in [-0.2, -0.15) is 4.39 Å². The van der Waals surface area contributed by atoms with E-state index in [0.29, 0.717) is 0 Å². The third kappa shape index (κ3) is 3.61. The van der Waals surface area contributed by atoms with Crippen LogP contribution in [-0.2, 0) is 20.6 Å². The van der Waals surface area contributed by atoms with Crippen LogP contribution >= 0.6 is 0 Å². The fourth-order valence-corrected chi connectivity index (χ4v) is 3.63. The van der Waals surface area contributed by atoms with Gasteiger partial charge >= 0.3 is 5.69 Å². The van der Waals surface area contributed by atoms with Crippen LogP contribution in [0.25, 0.3) is 0 Å². The van der Waals surface area contributed by atoms with Crippen LogP contribution in [0, 0.1) is 15.9 Å². The maximum atomic E-state index is 13.2. The topological polar surface area (TPSA) is 97.6 Å². The number of ketones is 1. The fourth-order valence-electron chi connectivity index (χ4n) is 2.10. The van der Waals surface area contributed by atoms with Crippen molar-refractivity contribution in [2.75, 3.05) is 13.1 Å². The number of rotatable bonds is 4. The van der Waals surface area contributed by atoms with Gasteiger partial charge in [-0.05, 0) is 11.6 Å². The highest BCUT2D eigenvalue weighted by Gasteiger charge is 2.27. The molecule has 114 valence electrons. The predicted molar refractivity (Wildman–Crippen MR) is 71.5 cm³/mol. The van der Waals surface area contributed by atoms with Crippen LogP contribution in [0.2, 0.25) is 0 Å². The monoisotopic (exact) mass is 316 g/mol. The summed E-state index contributed by atoms with van der Waals surface area (Å²) < 4.78 is 38.8. The maximum Gasteiger partial charge on any atom is 0.305 e. The largest absolute Gasteiger partial charge is 0.305 e. The summed E-state index contributed by atoms with van der Waals surface area (Å²) >= 11 is 0. The summed E-state index contributed by atoms with van der Waals surface area (Å²) in [7, 11) is -3.68. The third-order valence-electron chi connectivity index (χ3n) is 3.23. The van der Waals surface area contributed by atoms with E-state index < -0.39 is 32.2 Å². The smallest absolute Gasteiger partial charge is 0.300 e. The first-order chi connectivity index (χ1) is 9.79. The number of Topliss-reactive ketones (excluding diaryl/α,β-unsaturated/α-hetero) is 1. The molecule has 0 amide bonds. The minimum absolute atomic E-state index is 0.0128. The Morgan fingerprint density at radius 1 is 1.29 bits per heavy atom. The number of nitrogens with zero attached hydrogens (tertiary/aromatic N) is 2. The van der Waals surface area contributed by atoms with Gasteiger partial charge in [-0.15, -0.1) is 0 Å². The van der Waals surface area contributed by atoms with Gasteiger partial charge in [-0.25, -0.2) is 12.7 Å². The van der Waals surface area contributed by atoms with Crippen molar-refractivity contribution in [3.8, 4) is 0 Å². The van der Waals surface area contributed by atoms with Crippen LogP contribution in [0.1, 0.15) is 18.4 Å². The van der Waals surface area contributed by atoms with Crippen molar-refractivity contribution >= 4 is 21.5 Å². The molecule has 7 nitrogen and oxygen atoms in total. The van der Waals surface area contributed by atoms with E-state index >= 15 is 0 Å². The SMILES string of the molecule is O=C1CCN(S(=O)(=O)Cc2ccc(F)c([N+](=O)[O-])c2)CC1. The van der Waals surface area contributed by atoms with Gasteiger partial charge in [0.05, 0.1) is 10.7 Å². The first kappa shape index (κ1) is 15.5. The fraction of sp³-hybridized carbons (Fsp3) is 0.417. The molecule has 9 heteroatoms. The van der Waals surface area contributed by atoms with E-state index in [1.54, 1.807) is 0 Å². The van der Waals surface area contributed by atoms with Crippen LogP contribution in [-0.4, -0.2) is 36.5 Å². The lowest BCUT2D eigenvalue weighted by Gasteiger charge is -2.25. The summed E-state index contributed by atoms with van der Waals surface area (Å²) in [5, 5.41) is 10.6. The van der Waals surface area contributed by atoms with Crippen molar-refractivity contribution in [1.82, 2.24) is 4.31 Å². The zero-order chi connectivity index (χ0) is 15.6. The molecule has 1 fully saturated rings. The van der Waals surface area contributed by atoms with Gasteiger partial charge in [0, 0.05) is 32.0 Å². The molecule has 1 heterocycles. The van der Waals surface area contributed by atoms with Crippen LogP contribution in [0.4, 0.5) is 10.1 Å². The molecule has 1 saturated heterocycles. The molecule has 1 aromatic rings. The van der Waals surface area contributed by atoms with Gasteiger partial charge in [0.15, 0.2) is 0 Å². The number of piperidine rings is 1. The summed E-state index contributed by atoms with van der Waals surface area (Å²) in [4.78, 5) is 20.9. The van der Waals surface area contributed by atoms with Crippen LogP contribution in [0.3, 0.4) is 0 Å². The zero-order valence-electron chi connectivity index (χ0n) is 11.0. The quantitative estimate of drug-likeness (QED) is 0.614. The molecular weight excluding hydrogens is 303 g/mol. The second kappa shape index (κ2) is 5.86. The van der Waals surface area contributed by atoms with Gasteiger partial charge in [0.25, 0.3) is 0 Å². The first-order valence-electron chi connectivity index (χ1n) is 6.22. The normalized spacial score (nSPS) is 16.9. The first-order valence-corrected chi connectivity index (χ1v) is 7.83. The second-order valence-electron chi connectivity index (χ2n) is 4.74. The standard InChI is InChI=1S/C12H13FN2O5S/c13-11-2-1-9(7-12(11)15(17)18)8-21(19,20)14-5-3-10(16)4-6-14/h1-2,7H,3-6,8H2. The predicted octanol–water partition coefficient (Wildman–Crippen LogP) is 1.23. The van der Waals surface area contributed by atoms with Gasteiger partial charge in [-0.3, -0.25) is 14.9 Å². The molecule has 0 radical (unpaired) electrons. The highest BCUT2D eigenvalue weighted by Crippen LogP contribution is 2.22. The zero-order valence-corrected chi connectivity index (χ0v) is 11.8. The number of sulfonamides is 1. The number of carbonyl (C=O) groups excluding carboxylic acids is 1. The molecule has 0 unspecified atom stereocenters.